The number of hydrogen-bond acceptors (Lipinski definition) is 4. The molecule has 128 valence electrons. The van der Waals surface area contributed by atoms with E-state index in [1.54, 1.807) is 0 Å². The van der Waals surface area contributed by atoms with Gasteiger partial charge in [-0.2, -0.15) is 0 Å². The molecule has 0 atom stereocenters. The summed E-state index contributed by atoms with van der Waals surface area (Å²) in [6.07, 6.45) is 0.959. The van der Waals surface area contributed by atoms with Crippen molar-refractivity contribution in [1.29, 1.82) is 0 Å². The molecule has 1 fully saturated rings. The van der Waals surface area contributed by atoms with Gasteiger partial charge in [0.25, 0.3) is 0 Å². The summed E-state index contributed by atoms with van der Waals surface area (Å²) in [5, 5.41) is 3.04. The van der Waals surface area contributed by atoms with E-state index in [2.05, 4.69) is 46.1 Å². The van der Waals surface area contributed by atoms with Crippen LogP contribution < -0.4 is 10.2 Å². The van der Waals surface area contributed by atoms with Crippen LogP contribution in [0.1, 0.15) is 13.3 Å². The Kier molecular flexibility index (Phi) is 7.36. The molecule has 1 aliphatic heterocycles. The smallest absolute Gasteiger partial charge is 0.234 e. The van der Waals surface area contributed by atoms with Crippen LogP contribution in [0, 0.1) is 0 Å². The minimum absolute atomic E-state index is 0.150. The summed E-state index contributed by atoms with van der Waals surface area (Å²) in [7, 11) is 2.09. The lowest BCUT2D eigenvalue weighted by Gasteiger charge is -2.33. The monoisotopic (exact) mass is 318 g/mol. The van der Waals surface area contributed by atoms with E-state index in [1.807, 2.05) is 18.2 Å². The molecule has 0 radical (unpaired) electrons. The Bertz CT molecular complexity index is 457. The maximum absolute atomic E-state index is 12.0. The molecule has 1 saturated heterocycles. The second-order valence-electron chi connectivity index (χ2n) is 6.17. The van der Waals surface area contributed by atoms with E-state index in [4.69, 9.17) is 0 Å². The highest BCUT2D eigenvalue weighted by atomic mass is 16.2. The summed E-state index contributed by atoms with van der Waals surface area (Å²) in [6, 6.07) is 10.3. The van der Waals surface area contributed by atoms with Crippen LogP contribution >= 0.6 is 0 Å². The first-order valence-electron chi connectivity index (χ1n) is 8.66. The number of amides is 1. The number of carbonyl (C=O) groups excluding carboxylic acids is 1. The van der Waals surface area contributed by atoms with Crippen molar-refractivity contribution in [2.75, 3.05) is 64.3 Å². The van der Waals surface area contributed by atoms with Gasteiger partial charge in [-0.15, -0.1) is 0 Å². The van der Waals surface area contributed by atoms with E-state index in [-0.39, 0.29) is 5.91 Å². The normalized spacial score (nSPS) is 16.3. The van der Waals surface area contributed by atoms with E-state index in [0.717, 1.165) is 52.2 Å². The van der Waals surface area contributed by atoms with Gasteiger partial charge < -0.3 is 15.1 Å². The maximum Gasteiger partial charge on any atom is 0.234 e. The highest BCUT2D eigenvalue weighted by Gasteiger charge is 2.17. The summed E-state index contributed by atoms with van der Waals surface area (Å²) >= 11 is 0. The van der Waals surface area contributed by atoms with Crippen LogP contribution in [0.25, 0.3) is 0 Å². The highest BCUT2D eigenvalue weighted by Crippen LogP contribution is 2.10. The van der Waals surface area contributed by atoms with Gasteiger partial charge in [0, 0.05) is 52.0 Å². The number of rotatable bonds is 8. The maximum atomic E-state index is 12.0. The number of nitrogens with zero attached hydrogens (tertiary/aromatic N) is 3. The standard InChI is InChI=1S/C18H30N4O/c1-3-21-12-14-22(15-13-21)16-18(23)19-10-7-11-20(2)17-8-5-4-6-9-17/h4-6,8-9H,3,7,10-16H2,1-2H3,(H,19,23). The number of benzene rings is 1. The fourth-order valence-electron chi connectivity index (χ4n) is 2.88. The van der Waals surface area contributed by atoms with Gasteiger partial charge in [0.05, 0.1) is 6.54 Å². The Balaban J connectivity index is 1.56. The Morgan fingerprint density at radius 1 is 1.13 bits per heavy atom. The predicted octanol–water partition coefficient (Wildman–Crippen LogP) is 1.27. The van der Waals surface area contributed by atoms with Crippen molar-refractivity contribution in [3.8, 4) is 0 Å². The molecular weight excluding hydrogens is 288 g/mol. The molecule has 23 heavy (non-hydrogen) atoms. The van der Waals surface area contributed by atoms with Crippen molar-refractivity contribution in [3.05, 3.63) is 30.3 Å². The molecule has 0 spiro atoms. The quantitative estimate of drug-likeness (QED) is 0.733. The summed E-state index contributed by atoms with van der Waals surface area (Å²) < 4.78 is 0. The van der Waals surface area contributed by atoms with Gasteiger partial charge in [0.2, 0.25) is 5.91 Å². The Hall–Kier alpha value is -1.59. The van der Waals surface area contributed by atoms with Gasteiger partial charge in [-0.05, 0) is 25.1 Å². The largest absolute Gasteiger partial charge is 0.375 e. The van der Waals surface area contributed by atoms with Crippen LogP contribution in [0.2, 0.25) is 0 Å². The third-order valence-electron chi connectivity index (χ3n) is 4.47. The van der Waals surface area contributed by atoms with Crippen LogP contribution in [0.15, 0.2) is 30.3 Å². The van der Waals surface area contributed by atoms with Crippen molar-refractivity contribution in [3.63, 3.8) is 0 Å². The van der Waals surface area contributed by atoms with Gasteiger partial charge in [-0.25, -0.2) is 0 Å². The second-order valence-corrected chi connectivity index (χ2v) is 6.17. The van der Waals surface area contributed by atoms with Crippen LogP contribution in [0.3, 0.4) is 0 Å². The van der Waals surface area contributed by atoms with E-state index in [9.17, 15) is 4.79 Å². The van der Waals surface area contributed by atoms with Crippen molar-refractivity contribution >= 4 is 11.6 Å². The minimum atomic E-state index is 0.150. The zero-order valence-electron chi connectivity index (χ0n) is 14.5. The molecule has 1 amide bonds. The molecule has 0 unspecified atom stereocenters. The first-order valence-corrected chi connectivity index (χ1v) is 8.66. The molecule has 1 heterocycles. The molecule has 1 aliphatic rings. The Morgan fingerprint density at radius 2 is 1.78 bits per heavy atom. The van der Waals surface area contributed by atoms with Gasteiger partial charge in [0.15, 0.2) is 0 Å². The fourth-order valence-corrected chi connectivity index (χ4v) is 2.88. The number of hydrogen-bond donors (Lipinski definition) is 1. The molecule has 1 aromatic carbocycles. The lowest BCUT2D eigenvalue weighted by molar-refractivity contribution is -0.122. The van der Waals surface area contributed by atoms with Crippen molar-refractivity contribution in [2.45, 2.75) is 13.3 Å². The third-order valence-corrected chi connectivity index (χ3v) is 4.47. The lowest BCUT2D eigenvalue weighted by atomic mass is 10.3. The van der Waals surface area contributed by atoms with E-state index in [0.29, 0.717) is 6.54 Å². The predicted molar refractivity (Wildman–Crippen MR) is 95.9 cm³/mol. The van der Waals surface area contributed by atoms with E-state index >= 15 is 0 Å². The SMILES string of the molecule is CCN1CCN(CC(=O)NCCCN(C)c2ccccc2)CC1. The zero-order valence-corrected chi connectivity index (χ0v) is 14.5. The summed E-state index contributed by atoms with van der Waals surface area (Å²) in [4.78, 5) is 18.9. The topological polar surface area (TPSA) is 38.8 Å². The van der Waals surface area contributed by atoms with Gasteiger partial charge in [-0.3, -0.25) is 9.69 Å². The molecule has 1 N–H and O–H groups in total. The number of piperazine rings is 1. The summed E-state index contributed by atoms with van der Waals surface area (Å²) in [5.74, 6) is 0.150. The van der Waals surface area contributed by atoms with E-state index < -0.39 is 0 Å². The molecule has 0 saturated carbocycles. The summed E-state index contributed by atoms with van der Waals surface area (Å²) in [5.41, 5.74) is 1.22. The first kappa shape index (κ1) is 17.8. The molecule has 2 rings (SSSR count). The fraction of sp³-hybridized carbons (Fsp3) is 0.611. The van der Waals surface area contributed by atoms with Crippen LogP contribution in [-0.2, 0) is 4.79 Å². The number of likely N-dealkylation sites (N-methyl/N-ethyl adjacent to an activating group) is 1. The van der Waals surface area contributed by atoms with Gasteiger partial charge in [0.1, 0.15) is 0 Å². The van der Waals surface area contributed by atoms with Crippen molar-refractivity contribution < 1.29 is 4.79 Å². The van der Waals surface area contributed by atoms with Crippen LogP contribution in [-0.4, -0.2) is 75.1 Å². The minimum Gasteiger partial charge on any atom is -0.375 e. The Morgan fingerprint density at radius 3 is 2.43 bits per heavy atom. The third kappa shape index (κ3) is 6.20. The van der Waals surface area contributed by atoms with E-state index in [1.165, 1.54) is 5.69 Å². The highest BCUT2D eigenvalue weighted by molar-refractivity contribution is 5.78. The zero-order chi connectivity index (χ0) is 16.5. The number of anilines is 1. The average molecular weight is 318 g/mol. The second kappa shape index (κ2) is 9.53. The average Bonchev–Trinajstić information content (AvgIpc) is 2.60. The van der Waals surface area contributed by atoms with Gasteiger partial charge in [-0.1, -0.05) is 25.1 Å². The molecule has 5 nitrogen and oxygen atoms in total. The summed E-state index contributed by atoms with van der Waals surface area (Å²) in [6.45, 7) is 9.66. The molecule has 5 heteroatoms. The van der Waals surface area contributed by atoms with Gasteiger partial charge >= 0.3 is 0 Å². The van der Waals surface area contributed by atoms with Crippen LogP contribution in [0.5, 0.6) is 0 Å². The molecular formula is C18H30N4O. The number of carbonyl (C=O) groups is 1. The number of para-hydroxylation sites is 1. The van der Waals surface area contributed by atoms with Crippen LogP contribution in [0.4, 0.5) is 5.69 Å². The van der Waals surface area contributed by atoms with Crippen molar-refractivity contribution in [1.82, 2.24) is 15.1 Å². The lowest BCUT2D eigenvalue weighted by Crippen LogP contribution is -2.49. The molecule has 1 aromatic rings. The van der Waals surface area contributed by atoms with Crippen molar-refractivity contribution in [2.24, 2.45) is 0 Å². The molecule has 0 aliphatic carbocycles. The molecule has 0 bridgehead atoms. The molecule has 0 aromatic heterocycles. The first-order chi connectivity index (χ1) is 11.2. The Labute approximate surface area is 140 Å². The number of nitrogens with one attached hydrogen (secondary N) is 1.